The second-order valence-electron chi connectivity index (χ2n) is 6.81. The number of ether oxygens (including phenoxy) is 1. The number of hydrogen-bond donors (Lipinski definition) is 1. The molecule has 0 radical (unpaired) electrons. The van der Waals surface area contributed by atoms with Crippen molar-refractivity contribution in [1.29, 1.82) is 0 Å². The lowest BCUT2D eigenvalue weighted by Gasteiger charge is -2.14. The predicted molar refractivity (Wildman–Crippen MR) is 108 cm³/mol. The summed E-state index contributed by atoms with van der Waals surface area (Å²) in [5.74, 6) is -0.579. The molecule has 1 N–H and O–H groups in total. The number of halogens is 4. The van der Waals surface area contributed by atoms with Crippen molar-refractivity contribution in [3.05, 3.63) is 70.9 Å². The Morgan fingerprint density at radius 2 is 1.83 bits per heavy atom. The van der Waals surface area contributed by atoms with Crippen LogP contribution in [-0.4, -0.2) is 22.3 Å². The maximum Gasteiger partial charge on any atom is 0.435 e. The zero-order chi connectivity index (χ0) is 21.9. The first-order valence-electron chi connectivity index (χ1n) is 9.10. The standard InChI is InChI=1S/C21H19ClF3N3O2/c1-13(2)14-7-3-5-9-16(14)26-19(29)12-30-20-11-18(21(23,24)25)27-28(20)17-10-6-4-8-15(17)22/h3-11,13H,12H2,1-2H3,(H,26,29). The smallest absolute Gasteiger partial charge is 0.435 e. The summed E-state index contributed by atoms with van der Waals surface area (Å²) in [6.07, 6.45) is -4.68. The van der Waals surface area contributed by atoms with Crippen LogP contribution in [0.5, 0.6) is 5.88 Å². The molecule has 30 heavy (non-hydrogen) atoms. The summed E-state index contributed by atoms with van der Waals surface area (Å²) in [4.78, 5) is 12.4. The topological polar surface area (TPSA) is 56.1 Å². The van der Waals surface area contributed by atoms with Crippen LogP contribution in [0.25, 0.3) is 5.69 Å². The number of para-hydroxylation sites is 2. The molecule has 3 rings (SSSR count). The van der Waals surface area contributed by atoms with E-state index >= 15 is 0 Å². The van der Waals surface area contributed by atoms with Crippen molar-refractivity contribution in [2.75, 3.05) is 11.9 Å². The number of nitrogens with zero attached hydrogens (tertiary/aromatic N) is 2. The van der Waals surface area contributed by atoms with Crippen LogP contribution < -0.4 is 10.1 Å². The number of rotatable bonds is 6. The van der Waals surface area contributed by atoms with E-state index in [1.807, 2.05) is 26.0 Å². The second kappa shape index (κ2) is 8.79. The SMILES string of the molecule is CC(C)c1ccccc1NC(=O)COc1cc(C(F)(F)F)nn1-c1ccccc1Cl. The summed E-state index contributed by atoms with van der Waals surface area (Å²) >= 11 is 6.09. The summed E-state index contributed by atoms with van der Waals surface area (Å²) in [5, 5.41) is 6.48. The maximum absolute atomic E-state index is 13.2. The van der Waals surface area contributed by atoms with Crippen LogP contribution >= 0.6 is 11.6 Å². The summed E-state index contributed by atoms with van der Waals surface area (Å²) in [6, 6.07) is 14.3. The van der Waals surface area contributed by atoms with Crippen LogP contribution in [0.2, 0.25) is 5.02 Å². The fourth-order valence-corrected chi connectivity index (χ4v) is 3.06. The van der Waals surface area contributed by atoms with E-state index in [1.54, 1.807) is 24.3 Å². The van der Waals surface area contributed by atoms with Gasteiger partial charge in [-0.1, -0.05) is 55.8 Å². The van der Waals surface area contributed by atoms with Crippen molar-refractivity contribution in [3.8, 4) is 11.6 Å². The van der Waals surface area contributed by atoms with E-state index in [0.29, 0.717) is 5.69 Å². The molecule has 0 saturated carbocycles. The molecule has 1 aromatic heterocycles. The zero-order valence-corrected chi connectivity index (χ0v) is 17.0. The molecule has 0 unspecified atom stereocenters. The summed E-state index contributed by atoms with van der Waals surface area (Å²) < 4.78 is 45.8. The average molecular weight is 438 g/mol. The van der Waals surface area contributed by atoms with Crippen LogP contribution in [0, 0.1) is 0 Å². The molecule has 0 saturated heterocycles. The Morgan fingerprint density at radius 3 is 2.50 bits per heavy atom. The van der Waals surface area contributed by atoms with E-state index in [0.717, 1.165) is 16.3 Å². The largest absolute Gasteiger partial charge is 0.467 e. The Hall–Kier alpha value is -3.00. The van der Waals surface area contributed by atoms with Gasteiger partial charge in [-0.3, -0.25) is 4.79 Å². The predicted octanol–water partition coefficient (Wildman–Crippen LogP) is 5.69. The van der Waals surface area contributed by atoms with Crippen LogP contribution in [0.4, 0.5) is 18.9 Å². The molecular weight excluding hydrogens is 419 g/mol. The monoisotopic (exact) mass is 437 g/mol. The van der Waals surface area contributed by atoms with Gasteiger partial charge in [0.05, 0.1) is 10.7 Å². The van der Waals surface area contributed by atoms with Crippen LogP contribution in [0.15, 0.2) is 54.6 Å². The summed E-state index contributed by atoms with van der Waals surface area (Å²) in [6.45, 7) is 3.48. The third-order valence-electron chi connectivity index (χ3n) is 4.26. The molecule has 0 aliphatic rings. The molecule has 5 nitrogen and oxygen atoms in total. The lowest BCUT2D eigenvalue weighted by Crippen LogP contribution is -2.22. The molecule has 0 atom stereocenters. The lowest BCUT2D eigenvalue weighted by atomic mass is 10.0. The Labute approximate surface area is 176 Å². The zero-order valence-electron chi connectivity index (χ0n) is 16.2. The highest BCUT2D eigenvalue weighted by Gasteiger charge is 2.36. The fraction of sp³-hybridized carbons (Fsp3) is 0.238. The van der Waals surface area contributed by atoms with Crippen molar-refractivity contribution < 1.29 is 22.7 Å². The van der Waals surface area contributed by atoms with Gasteiger partial charge >= 0.3 is 6.18 Å². The van der Waals surface area contributed by atoms with Gasteiger partial charge in [-0.25, -0.2) is 0 Å². The van der Waals surface area contributed by atoms with Gasteiger partial charge in [0, 0.05) is 11.8 Å². The summed E-state index contributed by atoms with van der Waals surface area (Å²) in [5.41, 5.74) is 0.612. The minimum atomic E-state index is -4.68. The Morgan fingerprint density at radius 1 is 1.17 bits per heavy atom. The van der Waals surface area contributed by atoms with Gasteiger partial charge in [0.1, 0.15) is 0 Å². The Kier molecular flexibility index (Phi) is 6.36. The van der Waals surface area contributed by atoms with Crippen molar-refractivity contribution in [2.24, 2.45) is 0 Å². The summed E-state index contributed by atoms with van der Waals surface area (Å²) in [7, 11) is 0. The van der Waals surface area contributed by atoms with Gasteiger partial charge in [0.15, 0.2) is 12.3 Å². The van der Waals surface area contributed by atoms with Gasteiger partial charge in [0.25, 0.3) is 5.91 Å². The van der Waals surface area contributed by atoms with E-state index in [2.05, 4.69) is 10.4 Å². The van der Waals surface area contributed by atoms with E-state index in [-0.39, 0.29) is 22.5 Å². The third kappa shape index (κ3) is 4.94. The van der Waals surface area contributed by atoms with Crippen molar-refractivity contribution >= 4 is 23.2 Å². The lowest BCUT2D eigenvalue weighted by molar-refractivity contribution is -0.141. The van der Waals surface area contributed by atoms with E-state index in [1.165, 1.54) is 12.1 Å². The van der Waals surface area contributed by atoms with Gasteiger partial charge in [0.2, 0.25) is 5.88 Å². The minimum absolute atomic E-state index is 0.179. The molecule has 3 aromatic rings. The number of nitrogens with one attached hydrogen (secondary N) is 1. The van der Waals surface area contributed by atoms with Gasteiger partial charge < -0.3 is 10.1 Å². The number of carbonyl (C=O) groups excluding carboxylic acids is 1. The molecule has 158 valence electrons. The number of benzene rings is 2. The molecule has 0 fully saturated rings. The molecule has 0 aliphatic carbocycles. The molecule has 0 aliphatic heterocycles. The van der Waals surface area contributed by atoms with Gasteiger partial charge in [-0.2, -0.15) is 23.0 Å². The highest BCUT2D eigenvalue weighted by Crippen LogP contribution is 2.33. The highest BCUT2D eigenvalue weighted by atomic mass is 35.5. The van der Waals surface area contributed by atoms with Gasteiger partial charge in [-0.05, 0) is 29.7 Å². The normalized spacial score (nSPS) is 11.6. The molecule has 2 aromatic carbocycles. The number of alkyl halides is 3. The van der Waals surface area contributed by atoms with Crippen molar-refractivity contribution in [3.63, 3.8) is 0 Å². The van der Waals surface area contributed by atoms with Crippen LogP contribution in [-0.2, 0) is 11.0 Å². The first-order chi connectivity index (χ1) is 14.2. The molecule has 1 heterocycles. The Balaban J connectivity index is 1.82. The number of amides is 1. The number of hydrogen-bond acceptors (Lipinski definition) is 3. The quantitative estimate of drug-likeness (QED) is 0.539. The third-order valence-corrected chi connectivity index (χ3v) is 4.58. The number of carbonyl (C=O) groups is 1. The molecule has 0 bridgehead atoms. The van der Waals surface area contributed by atoms with Crippen LogP contribution in [0.3, 0.4) is 0 Å². The van der Waals surface area contributed by atoms with E-state index < -0.39 is 24.4 Å². The number of aromatic nitrogens is 2. The second-order valence-corrected chi connectivity index (χ2v) is 7.21. The van der Waals surface area contributed by atoms with Crippen molar-refractivity contribution in [1.82, 2.24) is 9.78 Å². The molecule has 1 amide bonds. The first kappa shape index (κ1) is 21.7. The first-order valence-corrected chi connectivity index (χ1v) is 9.48. The maximum atomic E-state index is 13.2. The van der Waals surface area contributed by atoms with E-state index in [9.17, 15) is 18.0 Å². The number of anilines is 1. The van der Waals surface area contributed by atoms with Crippen molar-refractivity contribution in [2.45, 2.75) is 25.9 Å². The average Bonchev–Trinajstić information content (AvgIpc) is 3.11. The molecule has 9 heteroatoms. The van der Waals surface area contributed by atoms with Crippen LogP contribution in [0.1, 0.15) is 31.0 Å². The molecule has 0 spiro atoms. The van der Waals surface area contributed by atoms with E-state index in [4.69, 9.17) is 16.3 Å². The minimum Gasteiger partial charge on any atom is -0.467 e. The van der Waals surface area contributed by atoms with Gasteiger partial charge in [-0.15, -0.1) is 0 Å². The highest BCUT2D eigenvalue weighted by molar-refractivity contribution is 6.32. The Bertz CT molecular complexity index is 1050. The fourth-order valence-electron chi connectivity index (χ4n) is 2.84. The molecular formula is C21H19ClF3N3O2.